The van der Waals surface area contributed by atoms with Gasteiger partial charge in [-0.15, -0.1) is 0 Å². The zero-order valence-corrected chi connectivity index (χ0v) is 9.41. The van der Waals surface area contributed by atoms with Gasteiger partial charge in [0, 0.05) is 19.1 Å². The lowest BCUT2D eigenvalue weighted by molar-refractivity contribution is -0.155. The molecule has 0 aromatic heterocycles. The Hall–Kier alpha value is -0.970. The Bertz CT molecular complexity index is 248. The van der Waals surface area contributed by atoms with Gasteiger partial charge in [0.2, 0.25) is 0 Å². The molecule has 1 saturated heterocycles. The number of ketones is 1. The molecule has 0 spiro atoms. The van der Waals surface area contributed by atoms with Crippen LogP contribution in [0.1, 0.15) is 26.2 Å². The molecule has 0 aromatic carbocycles. The van der Waals surface area contributed by atoms with E-state index in [1.54, 1.807) is 6.92 Å². The van der Waals surface area contributed by atoms with Crippen molar-refractivity contribution in [1.82, 2.24) is 0 Å². The number of carbonyl (C=O) groups excluding carboxylic acids is 2. The minimum Gasteiger partial charge on any atom is -0.463 e. The highest BCUT2D eigenvalue weighted by molar-refractivity contribution is 6.02. The van der Waals surface area contributed by atoms with Crippen LogP contribution in [0.15, 0.2) is 0 Å². The smallest absolute Gasteiger partial charge is 0.348 e. The topological polar surface area (TPSA) is 52.6 Å². The molecule has 4 nitrogen and oxygen atoms in total. The third-order valence-electron chi connectivity index (χ3n) is 2.53. The van der Waals surface area contributed by atoms with Crippen molar-refractivity contribution in [3.8, 4) is 0 Å². The van der Waals surface area contributed by atoms with Crippen molar-refractivity contribution in [2.45, 2.75) is 32.4 Å². The summed E-state index contributed by atoms with van der Waals surface area (Å²) in [4.78, 5) is 22.7. The molecule has 0 bridgehead atoms. The first-order valence-corrected chi connectivity index (χ1v) is 5.59. The van der Waals surface area contributed by atoms with Gasteiger partial charge in [-0.1, -0.05) is 6.92 Å². The highest BCUT2D eigenvalue weighted by atomic mass is 19.1. The van der Waals surface area contributed by atoms with Crippen LogP contribution in [-0.4, -0.2) is 37.7 Å². The van der Waals surface area contributed by atoms with Crippen LogP contribution in [0.5, 0.6) is 0 Å². The maximum Gasteiger partial charge on any atom is 0.348 e. The van der Waals surface area contributed by atoms with Gasteiger partial charge in [-0.3, -0.25) is 4.79 Å². The monoisotopic (exact) mass is 232 g/mol. The standard InChI is InChI=1S/C11H17FO4/c1-2-5-16-11(14)9(12)10(13)8-3-6-15-7-4-8/h8-9H,2-7H2,1H3. The van der Waals surface area contributed by atoms with Crippen LogP contribution in [0.3, 0.4) is 0 Å². The van der Waals surface area contributed by atoms with Gasteiger partial charge >= 0.3 is 5.97 Å². The third-order valence-corrected chi connectivity index (χ3v) is 2.53. The fraction of sp³-hybridized carbons (Fsp3) is 0.818. The maximum absolute atomic E-state index is 13.4. The molecular weight excluding hydrogens is 215 g/mol. The first kappa shape index (κ1) is 13.1. The molecular formula is C11H17FO4. The Balaban J connectivity index is 2.42. The van der Waals surface area contributed by atoms with E-state index in [0.29, 0.717) is 32.5 Å². The summed E-state index contributed by atoms with van der Waals surface area (Å²) < 4.78 is 23.1. The summed E-state index contributed by atoms with van der Waals surface area (Å²) in [6.45, 7) is 2.86. The van der Waals surface area contributed by atoms with Crippen molar-refractivity contribution in [1.29, 1.82) is 0 Å². The second-order valence-electron chi connectivity index (χ2n) is 3.82. The second kappa shape index (κ2) is 6.58. The van der Waals surface area contributed by atoms with Crippen molar-refractivity contribution in [3.63, 3.8) is 0 Å². The lowest BCUT2D eigenvalue weighted by Gasteiger charge is -2.21. The second-order valence-corrected chi connectivity index (χ2v) is 3.82. The molecule has 1 fully saturated rings. The third kappa shape index (κ3) is 3.56. The predicted octanol–water partition coefficient (Wildman–Crippen LogP) is 1.27. The van der Waals surface area contributed by atoms with Crippen molar-refractivity contribution in [2.75, 3.05) is 19.8 Å². The van der Waals surface area contributed by atoms with Crippen LogP contribution >= 0.6 is 0 Å². The van der Waals surface area contributed by atoms with E-state index in [4.69, 9.17) is 4.74 Å². The number of halogens is 1. The van der Waals surface area contributed by atoms with Crippen LogP contribution in [0.25, 0.3) is 0 Å². The number of carbonyl (C=O) groups is 2. The Kier molecular flexibility index (Phi) is 5.38. The molecule has 0 N–H and O–H groups in total. The minimum absolute atomic E-state index is 0.153. The van der Waals surface area contributed by atoms with Gasteiger partial charge < -0.3 is 9.47 Å². The molecule has 1 heterocycles. The average Bonchev–Trinajstić information content (AvgIpc) is 2.35. The number of ether oxygens (including phenoxy) is 2. The van der Waals surface area contributed by atoms with E-state index in [1.807, 2.05) is 0 Å². The Morgan fingerprint density at radius 2 is 2.06 bits per heavy atom. The number of esters is 1. The fourth-order valence-corrected chi connectivity index (χ4v) is 1.58. The summed E-state index contributed by atoms with van der Waals surface area (Å²) in [5.74, 6) is -2.12. The largest absolute Gasteiger partial charge is 0.463 e. The van der Waals surface area contributed by atoms with E-state index < -0.39 is 23.8 Å². The number of hydrogen-bond acceptors (Lipinski definition) is 4. The summed E-state index contributed by atoms with van der Waals surface area (Å²) >= 11 is 0. The normalized spacial score (nSPS) is 19.1. The molecule has 0 radical (unpaired) electrons. The number of alkyl halides is 1. The van der Waals surface area contributed by atoms with Gasteiger partial charge in [-0.05, 0) is 19.3 Å². The highest BCUT2D eigenvalue weighted by Crippen LogP contribution is 2.19. The van der Waals surface area contributed by atoms with Crippen molar-refractivity contribution in [3.05, 3.63) is 0 Å². The van der Waals surface area contributed by atoms with E-state index in [2.05, 4.69) is 4.74 Å². The average molecular weight is 232 g/mol. The lowest BCUT2D eigenvalue weighted by atomic mass is 9.93. The van der Waals surface area contributed by atoms with E-state index in [9.17, 15) is 14.0 Å². The van der Waals surface area contributed by atoms with Gasteiger partial charge in [-0.25, -0.2) is 9.18 Å². The quantitative estimate of drug-likeness (QED) is 0.529. The highest BCUT2D eigenvalue weighted by Gasteiger charge is 2.34. The molecule has 1 aliphatic heterocycles. The van der Waals surface area contributed by atoms with Crippen LogP contribution in [-0.2, 0) is 19.1 Å². The van der Waals surface area contributed by atoms with Gasteiger partial charge in [0.05, 0.1) is 6.61 Å². The maximum atomic E-state index is 13.4. The first-order chi connectivity index (χ1) is 7.66. The Labute approximate surface area is 94.1 Å². The number of hydrogen-bond donors (Lipinski definition) is 0. The van der Waals surface area contributed by atoms with Crippen LogP contribution in [0, 0.1) is 5.92 Å². The zero-order valence-electron chi connectivity index (χ0n) is 9.41. The first-order valence-electron chi connectivity index (χ1n) is 5.59. The molecule has 0 aromatic rings. The van der Waals surface area contributed by atoms with Crippen LogP contribution < -0.4 is 0 Å². The van der Waals surface area contributed by atoms with Gasteiger partial charge in [0.25, 0.3) is 6.17 Å². The van der Waals surface area contributed by atoms with E-state index in [-0.39, 0.29) is 6.61 Å². The van der Waals surface area contributed by atoms with Gasteiger partial charge in [-0.2, -0.15) is 0 Å². The van der Waals surface area contributed by atoms with Crippen molar-refractivity contribution in [2.24, 2.45) is 5.92 Å². The minimum atomic E-state index is -2.13. The Morgan fingerprint density at radius 3 is 2.62 bits per heavy atom. The molecule has 5 heteroatoms. The lowest BCUT2D eigenvalue weighted by Crippen LogP contribution is -2.35. The van der Waals surface area contributed by atoms with E-state index in [0.717, 1.165) is 0 Å². The molecule has 16 heavy (non-hydrogen) atoms. The molecule has 0 saturated carbocycles. The van der Waals surface area contributed by atoms with Gasteiger partial charge in [0.15, 0.2) is 5.78 Å². The summed E-state index contributed by atoms with van der Waals surface area (Å²) in [6, 6.07) is 0. The number of Topliss-reactive ketones (excluding diaryl/α,β-unsaturated/α-hetero) is 1. The molecule has 1 atom stereocenters. The Morgan fingerprint density at radius 1 is 1.44 bits per heavy atom. The summed E-state index contributed by atoms with van der Waals surface area (Å²) in [5, 5.41) is 0. The zero-order chi connectivity index (χ0) is 12.0. The van der Waals surface area contributed by atoms with Crippen molar-refractivity contribution < 1.29 is 23.5 Å². The van der Waals surface area contributed by atoms with E-state index >= 15 is 0 Å². The van der Waals surface area contributed by atoms with Crippen LogP contribution in [0.2, 0.25) is 0 Å². The molecule has 0 amide bonds. The summed E-state index contributed by atoms with van der Waals surface area (Å²) in [5.41, 5.74) is 0. The molecule has 0 aliphatic carbocycles. The summed E-state index contributed by atoms with van der Waals surface area (Å²) in [7, 11) is 0. The molecule has 1 rings (SSSR count). The summed E-state index contributed by atoms with van der Waals surface area (Å²) in [6.07, 6.45) is -0.542. The molecule has 1 aliphatic rings. The number of rotatable bonds is 5. The fourth-order valence-electron chi connectivity index (χ4n) is 1.58. The molecule has 1 unspecified atom stereocenters. The molecule has 92 valence electrons. The van der Waals surface area contributed by atoms with Gasteiger partial charge in [0.1, 0.15) is 0 Å². The SMILES string of the molecule is CCCOC(=O)C(F)C(=O)C1CCOCC1. The van der Waals surface area contributed by atoms with Crippen LogP contribution in [0.4, 0.5) is 4.39 Å². The van der Waals surface area contributed by atoms with E-state index in [1.165, 1.54) is 0 Å². The van der Waals surface area contributed by atoms with Crippen molar-refractivity contribution >= 4 is 11.8 Å². The predicted molar refractivity (Wildman–Crippen MR) is 54.7 cm³/mol.